The van der Waals surface area contributed by atoms with Crippen LogP contribution in [-0.2, 0) is 26.2 Å². The Kier molecular flexibility index (Phi) is 10.6. The molecule has 1 N–H and O–H groups in total. The van der Waals surface area contributed by atoms with E-state index in [1.54, 1.807) is 55.5 Å². The first-order chi connectivity index (χ1) is 20.1. The summed E-state index contributed by atoms with van der Waals surface area (Å²) in [6, 6.07) is 16.6. The van der Waals surface area contributed by atoms with Crippen molar-refractivity contribution in [3.05, 3.63) is 82.3 Å². The van der Waals surface area contributed by atoms with Crippen molar-refractivity contribution in [3.63, 3.8) is 0 Å². The molecule has 3 aromatic carbocycles. The third-order valence-electron chi connectivity index (χ3n) is 6.71. The highest BCUT2D eigenvalue weighted by Crippen LogP contribution is 2.36. The molecule has 4 rings (SSSR count). The molecule has 1 aliphatic heterocycles. The molecule has 9 nitrogen and oxygen atoms in total. The van der Waals surface area contributed by atoms with Gasteiger partial charge in [0.1, 0.15) is 25.8 Å². The van der Waals surface area contributed by atoms with Crippen LogP contribution < -0.4 is 19.1 Å². The number of nitrogens with zero attached hydrogens (tertiary/aromatic N) is 2. The number of fused-ring (bicyclic) bond motifs is 1. The molecule has 224 valence electrons. The fraction of sp³-hybridized carbons (Fsp3) is 0.333. The zero-order valence-corrected chi connectivity index (χ0v) is 25.7. The second kappa shape index (κ2) is 14.1. The van der Waals surface area contributed by atoms with E-state index < -0.39 is 28.5 Å². The second-order valence-corrected chi connectivity index (χ2v) is 12.3. The summed E-state index contributed by atoms with van der Waals surface area (Å²) in [6.07, 6.45) is 1.01. The first kappa shape index (κ1) is 31.5. The predicted octanol–water partition coefficient (Wildman–Crippen LogP) is 5.29. The predicted molar refractivity (Wildman–Crippen MR) is 163 cm³/mol. The summed E-state index contributed by atoms with van der Waals surface area (Å²) in [7, 11) is -4.22. The Morgan fingerprint density at radius 2 is 1.67 bits per heavy atom. The summed E-state index contributed by atoms with van der Waals surface area (Å²) in [4.78, 5) is 28.8. The molecule has 2 amide bonds. The molecule has 0 bridgehead atoms. The number of hydrogen-bond acceptors (Lipinski definition) is 6. The lowest BCUT2D eigenvalue weighted by atomic mass is 10.1. The minimum Gasteiger partial charge on any atom is -0.486 e. The molecule has 3 aromatic rings. The van der Waals surface area contributed by atoms with Crippen molar-refractivity contribution in [2.75, 3.05) is 30.6 Å². The lowest BCUT2D eigenvalue weighted by molar-refractivity contribution is -0.140. The van der Waals surface area contributed by atoms with E-state index in [9.17, 15) is 18.0 Å². The highest BCUT2D eigenvalue weighted by Gasteiger charge is 2.34. The number of ether oxygens (including phenoxy) is 2. The summed E-state index contributed by atoms with van der Waals surface area (Å²) in [5, 5.41) is 3.60. The monoisotopic (exact) mass is 633 g/mol. The lowest BCUT2D eigenvalue weighted by Gasteiger charge is -2.33. The van der Waals surface area contributed by atoms with Gasteiger partial charge in [-0.1, -0.05) is 61.3 Å². The normalized spacial score (nSPS) is 13.2. The molecule has 0 saturated heterocycles. The summed E-state index contributed by atoms with van der Waals surface area (Å²) < 4.78 is 40.3. The van der Waals surface area contributed by atoms with Crippen LogP contribution in [0, 0.1) is 0 Å². The van der Waals surface area contributed by atoms with E-state index in [0.29, 0.717) is 59.7 Å². The van der Waals surface area contributed by atoms with Crippen LogP contribution in [0.4, 0.5) is 5.69 Å². The number of hydrogen-bond donors (Lipinski definition) is 1. The van der Waals surface area contributed by atoms with Crippen LogP contribution >= 0.6 is 23.2 Å². The number of nitrogens with one attached hydrogen (secondary N) is 1. The molecule has 0 fully saturated rings. The number of anilines is 1. The van der Waals surface area contributed by atoms with Crippen molar-refractivity contribution < 1.29 is 27.5 Å². The smallest absolute Gasteiger partial charge is 0.264 e. The van der Waals surface area contributed by atoms with E-state index >= 15 is 0 Å². The lowest BCUT2D eigenvalue weighted by Crippen LogP contribution is -2.52. The number of sulfonamides is 1. The van der Waals surface area contributed by atoms with Gasteiger partial charge >= 0.3 is 0 Å². The molecule has 42 heavy (non-hydrogen) atoms. The van der Waals surface area contributed by atoms with Crippen molar-refractivity contribution in [2.45, 2.75) is 44.2 Å². The number of carbonyl (C=O) groups is 2. The first-order valence-corrected chi connectivity index (χ1v) is 15.8. The zero-order valence-electron chi connectivity index (χ0n) is 23.4. The summed E-state index contributed by atoms with van der Waals surface area (Å²) in [6.45, 7) is 4.22. The van der Waals surface area contributed by atoms with Crippen LogP contribution in [0.15, 0.2) is 71.6 Å². The molecule has 0 spiro atoms. The summed E-state index contributed by atoms with van der Waals surface area (Å²) in [5.74, 6) is -0.0795. The zero-order chi connectivity index (χ0) is 30.3. The van der Waals surface area contributed by atoms with Crippen molar-refractivity contribution in [1.82, 2.24) is 10.2 Å². The maximum atomic E-state index is 14.2. The number of halogens is 2. The van der Waals surface area contributed by atoms with Crippen LogP contribution in [0.5, 0.6) is 11.5 Å². The van der Waals surface area contributed by atoms with E-state index in [1.807, 2.05) is 6.92 Å². The standard InChI is InChI=1S/C30H33Cl2N3O6S/c1-3-14-33-30(37)26(4-2)34(19-21-10-11-22(31)17-25(21)32)29(36)20-35(42(38,39)24-8-6-5-7-9-24)23-12-13-27-28(18-23)41-16-15-40-27/h5-13,17-18,26H,3-4,14-16,19-20H2,1-2H3,(H,33,37). The Bertz CT molecular complexity index is 1520. The maximum Gasteiger partial charge on any atom is 0.264 e. The van der Waals surface area contributed by atoms with Gasteiger partial charge in [-0.05, 0) is 54.8 Å². The topological polar surface area (TPSA) is 105 Å². The van der Waals surface area contributed by atoms with Gasteiger partial charge in [0.15, 0.2) is 11.5 Å². The summed E-state index contributed by atoms with van der Waals surface area (Å²) >= 11 is 12.5. The molecule has 1 unspecified atom stereocenters. The van der Waals surface area contributed by atoms with Gasteiger partial charge in [0.25, 0.3) is 10.0 Å². The largest absolute Gasteiger partial charge is 0.486 e. The second-order valence-electron chi connectivity index (χ2n) is 9.63. The third kappa shape index (κ3) is 7.29. The molecule has 0 saturated carbocycles. The fourth-order valence-corrected chi connectivity index (χ4v) is 6.45. The van der Waals surface area contributed by atoms with Gasteiger partial charge in [-0.25, -0.2) is 8.42 Å². The fourth-order valence-electron chi connectivity index (χ4n) is 4.55. The molecule has 12 heteroatoms. The van der Waals surface area contributed by atoms with Gasteiger partial charge in [-0.3, -0.25) is 13.9 Å². The molecule has 0 aliphatic carbocycles. The Balaban J connectivity index is 1.76. The molecule has 1 heterocycles. The third-order valence-corrected chi connectivity index (χ3v) is 9.09. The minimum atomic E-state index is -4.22. The Labute approximate surface area is 256 Å². The first-order valence-electron chi connectivity index (χ1n) is 13.6. The average Bonchev–Trinajstić information content (AvgIpc) is 2.99. The van der Waals surface area contributed by atoms with Crippen LogP contribution in [0.3, 0.4) is 0 Å². The highest BCUT2D eigenvalue weighted by atomic mass is 35.5. The Hall–Kier alpha value is -3.47. The number of amides is 2. The number of benzene rings is 3. The molecule has 0 radical (unpaired) electrons. The van der Waals surface area contributed by atoms with Crippen molar-refractivity contribution in [1.29, 1.82) is 0 Å². The van der Waals surface area contributed by atoms with Gasteiger partial charge in [0, 0.05) is 29.2 Å². The van der Waals surface area contributed by atoms with Gasteiger partial charge in [-0.2, -0.15) is 0 Å². The molecule has 1 atom stereocenters. The van der Waals surface area contributed by atoms with Crippen molar-refractivity contribution >= 4 is 50.7 Å². The van der Waals surface area contributed by atoms with Gasteiger partial charge < -0.3 is 19.7 Å². The van der Waals surface area contributed by atoms with Gasteiger partial charge in [-0.15, -0.1) is 0 Å². The van der Waals surface area contributed by atoms with Crippen LogP contribution in [0.2, 0.25) is 10.0 Å². The van der Waals surface area contributed by atoms with E-state index in [2.05, 4.69) is 5.32 Å². The van der Waals surface area contributed by atoms with E-state index in [4.69, 9.17) is 32.7 Å². The Morgan fingerprint density at radius 1 is 0.952 bits per heavy atom. The van der Waals surface area contributed by atoms with E-state index in [-0.39, 0.29) is 23.0 Å². The van der Waals surface area contributed by atoms with E-state index in [0.717, 1.165) is 4.31 Å². The quantitative estimate of drug-likeness (QED) is 0.290. The molecular weight excluding hydrogens is 601 g/mol. The van der Waals surface area contributed by atoms with Crippen LogP contribution in [-0.4, -0.2) is 57.5 Å². The Morgan fingerprint density at radius 3 is 2.33 bits per heavy atom. The van der Waals surface area contributed by atoms with Crippen LogP contribution in [0.1, 0.15) is 32.3 Å². The van der Waals surface area contributed by atoms with E-state index in [1.165, 1.54) is 23.1 Å². The molecule has 1 aliphatic rings. The van der Waals surface area contributed by atoms with Gasteiger partial charge in [0.05, 0.1) is 10.6 Å². The summed E-state index contributed by atoms with van der Waals surface area (Å²) in [5.41, 5.74) is 0.775. The number of carbonyl (C=O) groups excluding carboxylic acids is 2. The van der Waals surface area contributed by atoms with Crippen molar-refractivity contribution in [2.24, 2.45) is 0 Å². The molecular formula is C30H33Cl2N3O6S. The SMILES string of the molecule is CCCNC(=O)C(CC)N(Cc1ccc(Cl)cc1Cl)C(=O)CN(c1ccc2c(c1)OCCO2)S(=O)(=O)c1ccccc1. The molecule has 0 aromatic heterocycles. The van der Waals surface area contributed by atoms with Gasteiger partial charge in [0.2, 0.25) is 11.8 Å². The maximum absolute atomic E-state index is 14.2. The minimum absolute atomic E-state index is 0.00714. The van der Waals surface area contributed by atoms with Crippen LogP contribution in [0.25, 0.3) is 0 Å². The highest BCUT2D eigenvalue weighted by molar-refractivity contribution is 7.92. The average molecular weight is 635 g/mol. The number of rotatable bonds is 12. The van der Waals surface area contributed by atoms with Crippen molar-refractivity contribution in [3.8, 4) is 11.5 Å².